The van der Waals surface area contributed by atoms with Gasteiger partial charge in [0.25, 0.3) is 0 Å². The van der Waals surface area contributed by atoms with Crippen molar-refractivity contribution in [2.45, 2.75) is 33.2 Å². The Balaban J connectivity index is 3.02. The Kier molecular flexibility index (Phi) is 4.61. The van der Waals surface area contributed by atoms with Crippen molar-refractivity contribution >= 4 is 21.7 Å². The van der Waals surface area contributed by atoms with E-state index in [-0.39, 0.29) is 16.3 Å². The van der Waals surface area contributed by atoms with Crippen molar-refractivity contribution in [3.8, 4) is 0 Å². The van der Waals surface area contributed by atoms with Gasteiger partial charge in [0.1, 0.15) is 5.82 Å². The number of nitrogens with two attached hydrogens (primary N) is 1. The summed E-state index contributed by atoms with van der Waals surface area (Å²) in [6.45, 7) is 5.62. The summed E-state index contributed by atoms with van der Waals surface area (Å²) in [5.74, 6) is -2.35. The van der Waals surface area contributed by atoms with Gasteiger partial charge in [-0.05, 0) is 33.5 Å². The fourth-order valence-corrected chi connectivity index (χ4v) is 1.72. The molecule has 0 saturated heterocycles. The molecule has 5 heteroatoms. The van der Waals surface area contributed by atoms with E-state index in [1.165, 1.54) is 6.07 Å². The molecule has 2 N–H and O–H groups in total. The summed E-state index contributed by atoms with van der Waals surface area (Å²) in [7, 11) is 0. The summed E-state index contributed by atoms with van der Waals surface area (Å²) in [5.41, 5.74) is 5.03. The van der Waals surface area contributed by atoms with Gasteiger partial charge in [-0.1, -0.05) is 20.8 Å². The molecular weight excluding hydrogens is 304 g/mol. The standard InChI is InChI=1S/C13H16BrF2NO/c1-13(2,3)10(17)6-9(18)11-8(15)5-4-7(14)12(11)16/h4-5,10H,6,17H2,1-3H3. The van der Waals surface area contributed by atoms with Gasteiger partial charge in [-0.3, -0.25) is 4.79 Å². The molecule has 0 bridgehead atoms. The lowest BCUT2D eigenvalue weighted by molar-refractivity contribution is 0.0945. The SMILES string of the molecule is CC(C)(C)C(N)CC(=O)c1c(F)ccc(Br)c1F. The molecule has 100 valence electrons. The lowest BCUT2D eigenvalue weighted by atomic mass is 9.83. The first-order valence-corrected chi connectivity index (χ1v) is 6.36. The third kappa shape index (κ3) is 3.36. The number of hydrogen-bond donors (Lipinski definition) is 1. The third-order valence-corrected chi connectivity index (χ3v) is 3.45. The van der Waals surface area contributed by atoms with Crippen LogP contribution in [0.4, 0.5) is 8.78 Å². The van der Waals surface area contributed by atoms with Crippen LogP contribution in [0.2, 0.25) is 0 Å². The number of hydrogen-bond acceptors (Lipinski definition) is 2. The van der Waals surface area contributed by atoms with E-state index in [2.05, 4.69) is 15.9 Å². The minimum Gasteiger partial charge on any atom is -0.327 e. The fourth-order valence-electron chi connectivity index (χ4n) is 1.39. The second-order valence-electron chi connectivity index (χ2n) is 5.32. The second kappa shape index (κ2) is 5.45. The number of halogens is 3. The van der Waals surface area contributed by atoms with Gasteiger partial charge in [0.15, 0.2) is 11.6 Å². The molecule has 0 radical (unpaired) electrons. The Morgan fingerprint density at radius 1 is 1.39 bits per heavy atom. The van der Waals surface area contributed by atoms with Gasteiger partial charge >= 0.3 is 0 Å². The van der Waals surface area contributed by atoms with Crippen molar-refractivity contribution in [1.29, 1.82) is 0 Å². The number of Topliss-reactive ketones (excluding diaryl/α,β-unsaturated/α-hetero) is 1. The maximum Gasteiger partial charge on any atom is 0.170 e. The zero-order chi connectivity index (χ0) is 14.1. The van der Waals surface area contributed by atoms with Crippen molar-refractivity contribution in [1.82, 2.24) is 0 Å². The molecule has 0 fully saturated rings. The van der Waals surface area contributed by atoms with Crippen LogP contribution in [-0.4, -0.2) is 11.8 Å². The van der Waals surface area contributed by atoms with Crippen molar-refractivity contribution in [3.63, 3.8) is 0 Å². The molecule has 0 heterocycles. The van der Waals surface area contributed by atoms with Gasteiger partial charge in [0.05, 0.1) is 10.0 Å². The Bertz CT molecular complexity index is 469. The molecule has 0 aliphatic rings. The lowest BCUT2D eigenvalue weighted by Crippen LogP contribution is -2.37. The van der Waals surface area contributed by atoms with Crippen LogP contribution >= 0.6 is 15.9 Å². The Labute approximate surface area is 114 Å². The smallest absolute Gasteiger partial charge is 0.170 e. The molecule has 0 aliphatic carbocycles. The molecule has 0 amide bonds. The van der Waals surface area contributed by atoms with E-state index in [0.29, 0.717) is 0 Å². The first-order chi connectivity index (χ1) is 8.14. The lowest BCUT2D eigenvalue weighted by Gasteiger charge is -2.26. The topological polar surface area (TPSA) is 43.1 Å². The highest BCUT2D eigenvalue weighted by molar-refractivity contribution is 9.10. The monoisotopic (exact) mass is 319 g/mol. The van der Waals surface area contributed by atoms with Crippen molar-refractivity contribution < 1.29 is 13.6 Å². The van der Waals surface area contributed by atoms with E-state index in [1.54, 1.807) is 0 Å². The normalized spacial score (nSPS) is 13.5. The van der Waals surface area contributed by atoms with Crippen LogP contribution < -0.4 is 5.73 Å². The molecule has 0 saturated carbocycles. The average Bonchev–Trinajstić information content (AvgIpc) is 2.22. The van der Waals surface area contributed by atoms with Crippen LogP contribution in [0.5, 0.6) is 0 Å². The maximum absolute atomic E-state index is 13.7. The van der Waals surface area contributed by atoms with E-state index in [9.17, 15) is 13.6 Å². The summed E-state index contributed by atoms with van der Waals surface area (Å²) >= 11 is 2.93. The predicted octanol–water partition coefficient (Wildman–Crippen LogP) is 3.67. The summed E-state index contributed by atoms with van der Waals surface area (Å²) in [5, 5.41) is 0. The molecule has 0 aromatic heterocycles. The highest BCUT2D eigenvalue weighted by Crippen LogP contribution is 2.26. The second-order valence-corrected chi connectivity index (χ2v) is 6.17. The Morgan fingerprint density at radius 2 is 1.94 bits per heavy atom. The zero-order valence-corrected chi connectivity index (χ0v) is 12.1. The molecule has 1 unspecified atom stereocenters. The van der Waals surface area contributed by atoms with Crippen LogP contribution in [-0.2, 0) is 0 Å². The molecule has 1 atom stereocenters. The number of rotatable bonds is 3. The number of ketones is 1. The molecule has 1 aromatic carbocycles. The number of benzene rings is 1. The van der Waals surface area contributed by atoms with Crippen LogP contribution in [0.3, 0.4) is 0 Å². The molecule has 2 nitrogen and oxygen atoms in total. The molecule has 0 spiro atoms. The van der Waals surface area contributed by atoms with Crippen molar-refractivity contribution in [2.24, 2.45) is 11.1 Å². The van der Waals surface area contributed by atoms with Crippen LogP contribution in [0.25, 0.3) is 0 Å². The van der Waals surface area contributed by atoms with Gasteiger partial charge in [0.2, 0.25) is 0 Å². The largest absolute Gasteiger partial charge is 0.327 e. The van der Waals surface area contributed by atoms with Gasteiger partial charge < -0.3 is 5.73 Å². The third-order valence-electron chi connectivity index (χ3n) is 2.84. The molecule has 1 rings (SSSR count). The first-order valence-electron chi connectivity index (χ1n) is 5.57. The van der Waals surface area contributed by atoms with Gasteiger partial charge in [-0.2, -0.15) is 0 Å². The van der Waals surface area contributed by atoms with E-state index >= 15 is 0 Å². The Morgan fingerprint density at radius 3 is 2.44 bits per heavy atom. The van der Waals surface area contributed by atoms with Crippen LogP contribution in [0.1, 0.15) is 37.6 Å². The molecule has 1 aromatic rings. The highest BCUT2D eigenvalue weighted by Gasteiger charge is 2.27. The van der Waals surface area contributed by atoms with Crippen molar-refractivity contribution in [2.75, 3.05) is 0 Å². The van der Waals surface area contributed by atoms with Gasteiger partial charge in [0, 0.05) is 12.5 Å². The van der Waals surface area contributed by atoms with E-state index in [0.717, 1.165) is 6.07 Å². The molecular formula is C13H16BrF2NO. The average molecular weight is 320 g/mol. The minimum atomic E-state index is -0.874. The summed E-state index contributed by atoms with van der Waals surface area (Å²) < 4.78 is 27.3. The quantitative estimate of drug-likeness (QED) is 0.682. The van der Waals surface area contributed by atoms with Gasteiger partial charge in [-0.25, -0.2) is 8.78 Å². The highest BCUT2D eigenvalue weighted by atomic mass is 79.9. The maximum atomic E-state index is 13.7. The van der Waals surface area contributed by atoms with E-state index in [4.69, 9.17) is 5.73 Å². The molecule has 0 aliphatic heterocycles. The van der Waals surface area contributed by atoms with E-state index in [1.807, 2.05) is 20.8 Å². The molecule has 18 heavy (non-hydrogen) atoms. The van der Waals surface area contributed by atoms with Gasteiger partial charge in [-0.15, -0.1) is 0 Å². The number of carbonyl (C=O) groups is 1. The van der Waals surface area contributed by atoms with Crippen LogP contribution in [0.15, 0.2) is 16.6 Å². The summed E-state index contributed by atoms with van der Waals surface area (Å²) in [6.07, 6.45) is -0.0895. The zero-order valence-electron chi connectivity index (χ0n) is 10.6. The fraction of sp³-hybridized carbons (Fsp3) is 0.462. The minimum absolute atomic E-state index is 0.0663. The number of carbonyl (C=O) groups excluding carboxylic acids is 1. The van der Waals surface area contributed by atoms with Crippen LogP contribution in [0, 0.1) is 17.0 Å². The summed E-state index contributed by atoms with van der Waals surface area (Å²) in [4.78, 5) is 11.9. The van der Waals surface area contributed by atoms with Crippen molar-refractivity contribution in [3.05, 3.63) is 33.8 Å². The Hall–Kier alpha value is -0.810. The van der Waals surface area contributed by atoms with E-state index < -0.39 is 29.0 Å². The first kappa shape index (κ1) is 15.2. The summed E-state index contributed by atoms with van der Waals surface area (Å²) in [6, 6.07) is 1.83. The predicted molar refractivity (Wildman–Crippen MR) is 70.4 cm³/mol.